The Labute approximate surface area is 132 Å². The van der Waals surface area contributed by atoms with Crippen LogP contribution in [0.2, 0.25) is 0 Å². The van der Waals surface area contributed by atoms with Gasteiger partial charge in [-0.25, -0.2) is 0 Å². The zero-order valence-electron chi connectivity index (χ0n) is 14.9. The summed E-state index contributed by atoms with van der Waals surface area (Å²) in [4.78, 5) is 12.0. The van der Waals surface area contributed by atoms with Gasteiger partial charge in [0.05, 0.1) is 7.11 Å². The van der Waals surface area contributed by atoms with E-state index in [0.717, 1.165) is 6.42 Å². The summed E-state index contributed by atoms with van der Waals surface area (Å²) in [5, 5.41) is 3.58. The molecule has 0 bridgehead atoms. The Balaban J connectivity index is 4.48. The van der Waals surface area contributed by atoms with E-state index in [2.05, 4.69) is 33.0 Å². The number of hydrogen-bond donors (Lipinski definition) is 1. The molecule has 0 fully saturated rings. The van der Waals surface area contributed by atoms with Crippen LogP contribution in [-0.4, -0.2) is 25.2 Å². The molecule has 21 heavy (non-hydrogen) atoms. The van der Waals surface area contributed by atoms with E-state index in [0.29, 0.717) is 12.0 Å². The van der Waals surface area contributed by atoms with Crippen molar-refractivity contribution in [1.29, 1.82) is 0 Å². The van der Waals surface area contributed by atoms with Crippen LogP contribution in [-0.2, 0) is 9.53 Å². The van der Waals surface area contributed by atoms with Crippen LogP contribution in [0.25, 0.3) is 0 Å². The highest BCUT2D eigenvalue weighted by Crippen LogP contribution is 2.14. The number of unbranched alkanes of at least 4 members (excludes halogenated alkanes) is 4. The second-order valence-corrected chi connectivity index (χ2v) is 6.56. The minimum Gasteiger partial charge on any atom is -0.468 e. The monoisotopic (exact) mass is 299 g/mol. The Kier molecular flexibility index (Phi) is 12.8. The fourth-order valence-corrected chi connectivity index (χ4v) is 2.72. The first kappa shape index (κ1) is 20.4. The lowest BCUT2D eigenvalue weighted by molar-refractivity contribution is -0.143. The fourth-order valence-electron chi connectivity index (χ4n) is 2.72. The van der Waals surface area contributed by atoms with Gasteiger partial charge in [0, 0.05) is 6.04 Å². The molecule has 0 heterocycles. The van der Waals surface area contributed by atoms with Gasteiger partial charge >= 0.3 is 5.97 Å². The van der Waals surface area contributed by atoms with Crippen LogP contribution in [0.3, 0.4) is 0 Å². The molecule has 1 N–H and O–H groups in total. The number of carbonyl (C=O) groups excluding carboxylic acids is 1. The average molecular weight is 299 g/mol. The van der Waals surface area contributed by atoms with Crippen LogP contribution >= 0.6 is 0 Å². The maximum absolute atomic E-state index is 12.0. The molecule has 126 valence electrons. The molecule has 1 atom stereocenters. The lowest BCUT2D eigenvalue weighted by atomic mass is 9.98. The maximum Gasteiger partial charge on any atom is 0.322 e. The van der Waals surface area contributed by atoms with Crippen molar-refractivity contribution in [2.45, 2.75) is 97.6 Å². The summed E-state index contributed by atoms with van der Waals surface area (Å²) in [7, 11) is 1.49. The van der Waals surface area contributed by atoms with E-state index in [4.69, 9.17) is 4.74 Å². The largest absolute Gasteiger partial charge is 0.468 e. The van der Waals surface area contributed by atoms with E-state index in [-0.39, 0.29) is 12.0 Å². The summed E-state index contributed by atoms with van der Waals surface area (Å²) in [5.41, 5.74) is 0. The zero-order chi connectivity index (χ0) is 16.1. The van der Waals surface area contributed by atoms with Crippen molar-refractivity contribution < 1.29 is 9.53 Å². The number of esters is 1. The highest BCUT2D eigenvalue weighted by Gasteiger charge is 2.23. The molecular formula is C18H37NO2. The van der Waals surface area contributed by atoms with Crippen molar-refractivity contribution in [1.82, 2.24) is 5.32 Å². The quantitative estimate of drug-likeness (QED) is 0.396. The van der Waals surface area contributed by atoms with E-state index < -0.39 is 0 Å². The molecule has 0 amide bonds. The molecule has 0 spiro atoms. The summed E-state index contributed by atoms with van der Waals surface area (Å²) < 4.78 is 4.96. The predicted octanol–water partition coefficient (Wildman–Crippen LogP) is 4.69. The predicted molar refractivity (Wildman–Crippen MR) is 90.5 cm³/mol. The summed E-state index contributed by atoms with van der Waals surface area (Å²) in [6.45, 7) is 8.77. The van der Waals surface area contributed by atoms with E-state index in [9.17, 15) is 4.79 Å². The number of carbonyl (C=O) groups is 1. The molecule has 0 rings (SSSR count). The zero-order valence-corrected chi connectivity index (χ0v) is 14.9. The molecule has 0 aromatic carbocycles. The second-order valence-electron chi connectivity index (χ2n) is 6.56. The number of nitrogens with one attached hydrogen (secondary N) is 1. The van der Waals surface area contributed by atoms with E-state index >= 15 is 0 Å². The van der Waals surface area contributed by atoms with Crippen molar-refractivity contribution in [2.75, 3.05) is 7.11 Å². The van der Waals surface area contributed by atoms with Gasteiger partial charge in [-0.1, -0.05) is 66.2 Å². The van der Waals surface area contributed by atoms with Gasteiger partial charge in [-0.15, -0.1) is 0 Å². The molecular weight excluding hydrogens is 262 g/mol. The average Bonchev–Trinajstić information content (AvgIpc) is 2.45. The van der Waals surface area contributed by atoms with Gasteiger partial charge in [-0.2, -0.15) is 0 Å². The molecule has 1 unspecified atom stereocenters. The third kappa shape index (κ3) is 10.8. The van der Waals surface area contributed by atoms with Gasteiger partial charge in [0.15, 0.2) is 0 Å². The molecule has 0 aliphatic carbocycles. The molecule has 0 saturated heterocycles. The Hall–Kier alpha value is -0.570. The number of methoxy groups -OCH3 is 1. The van der Waals surface area contributed by atoms with Gasteiger partial charge in [-0.05, 0) is 25.2 Å². The third-order valence-corrected chi connectivity index (χ3v) is 3.94. The number of ether oxygens (including phenoxy) is 1. The second kappa shape index (κ2) is 13.1. The van der Waals surface area contributed by atoms with Crippen LogP contribution in [0.4, 0.5) is 0 Å². The van der Waals surface area contributed by atoms with Crippen molar-refractivity contribution in [2.24, 2.45) is 5.92 Å². The van der Waals surface area contributed by atoms with Crippen LogP contribution in [0.15, 0.2) is 0 Å². The first-order chi connectivity index (χ1) is 10.0. The van der Waals surface area contributed by atoms with E-state index in [1.54, 1.807) is 0 Å². The first-order valence-electron chi connectivity index (χ1n) is 8.88. The first-order valence-corrected chi connectivity index (χ1v) is 8.88. The van der Waals surface area contributed by atoms with Gasteiger partial charge in [0.25, 0.3) is 0 Å². The van der Waals surface area contributed by atoms with Crippen LogP contribution in [0.5, 0.6) is 0 Å². The minimum atomic E-state index is -0.150. The summed E-state index contributed by atoms with van der Waals surface area (Å²) in [5.74, 6) is 0.383. The van der Waals surface area contributed by atoms with Crippen molar-refractivity contribution >= 4 is 5.97 Å². The molecule has 0 aliphatic heterocycles. The van der Waals surface area contributed by atoms with Crippen molar-refractivity contribution in [3.63, 3.8) is 0 Å². The van der Waals surface area contributed by atoms with Crippen LogP contribution < -0.4 is 5.32 Å². The highest BCUT2D eigenvalue weighted by molar-refractivity contribution is 5.75. The molecule has 0 aromatic heterocycles. The van der Waals surface area contributed by atoms with Gasteiger partial charge in [-0.3, -0.25) is 4.79 Å². The topological polar surface area (TPSA) is 38.3 Å². The van der Waals surface area contributed by atoms with Gasteiger partial charge < -0.3 is 10.1 Å². The molecule has 3 nitrogen and oxygen atoms in total. The van der Waals surface area contributed by atoms with Crippen LogP contribution in [0.1, 0.15) is 85.5 Å². The molecule has 0 aliphatic rings. The Morgan fingerprint density at radius 1 is 1.00 bits per heavy atom. The SMILES string of the molecule is CCCCCC(CCCCC)NC(CC(C)C)C(=O)OC. The summed E-state index contributed by atoms with van der Waals surface area (Å²) in [6, 6.07) is 0.300. The Morgan fingerprint density at radius 3 is 1.90 bits per heavy atom. The van der Waals surface area contributed by atoms with E-state index in [1.807, 2.05) is 0 Å². The molecule has 0 radical (unpaired) electrons. The molecule has 0 saturated carbocycles. The maximum atomic E-state index is 12.0. The number of hydrogen-bond acceptors (Lipinski definition) is 3. The normalized spacial score (nSPS) is 12.9. The minimum absolute atomic E-state index is 0.111. The van der Waals surface area contributed by atoms with Gasteiger partial charge in [0.1, 0.15) is 6.04 Å². The van der Waals surface area contributed by atoms with Crippen LogP contribution in [0, 0.1) is 5.92 Å². The highest BCUT2D eigenvalue weighted by atomic mass is 16.5. The third-order valence-electron chi connectivity index (χ3n) is 3.94. The Bertz CT molecular complexity index is 244. The summed E-state index contributed by atoms with van der Waals surface area (Å²) >= 11 is 0. The van der Waals surface area contributed by atoms with Crippen molar-refractivity contribution in [3.8, 4) is 0 Å². The lowest BCUT2D eigenvalue weighted by Crippen LogP contribution is -2.44. The Morgan fingerprint density at radius 2 is 1.52 bits per heavy atom. The fraction of sp³-hybridized carbons (Fsp3) is 0.944. The van der Waals surface area contributed by atoms with Gasteiger partial charge in [0.2, 0.25) is 0 Å². The molecule has 3 heteroatoms. The van der Waals surface area contributed by atoms with Crippen molar-refractivity contribution in [3.05, 3.63) is 0 Å². The smallest absolute Gasteiger partial charge is 0.322 e. The standard InChI is InChI=1S/C18H37NO2/c1-6-8-10-12-16(13-11-9-7-2)19-17(14-15(3)4)18(20)21-5/h15-17,19H,6-14H2,1-5H3. The lowest BCUT2D eigenvalue weighted by Gasteiger charge is -2.25. The molecule has 0 aromatic rings. The number of rotatable bonds is 13. The van der Waals surface area contributed by atoms with E-state index in [1.165, 1.54) is 58.5 Å². The summed E-state index contributed by atoms with van der Waals surface area (Å²) in [6.07, 6.45) is 10.7.